The van der Waals surface area contributed by atoms with Crippen LogP contribution in [-0.2, 0) is 20.7 Å². The predicted octanol–water partition coefficient (Wildman–Crippen LogP) is 9.20. The minimum absolute atomic E-state index is 0.193. The molecule has 2 heterocycles. The monoisotopic (exact) mass is 765 g/mol. The number of ether oxygens (including phenoxy) is 2. The number of carbonyl (C=O) groups is 4. The fourth-order valence-corrected chi connectivity index (χ4v) is 7.14. The summed E-state index contributed by atoms with van der Waals surface area (Å²) in [6.45, 7) is 12.2. The van der Waals surface area contributed by atoms with Crippen LogP contribution in [0.5, 0.6) is 0 Å². The van der Waals surface area contributed by atoms with Crippen molar-refractivity contribution in [3.63, 3.8) is 0 Å². The first-order valence-corrected chi connectivity index (χ1v) is 18.2. The van der Waals surface area contributed by atoms with E-state index in [-0.39, 0.29) is 29.3 Å². The van der Waals surface area contributed by atoms with Crippen molar-refractivity contribution >= 4 is 24.1 Å². The molecule has 0 aliphatic carbocycles. The number of carboxylic acid groups (broad SMARTS) is 1. The van der Waals surface area contributed by atoms with Crippen LogP contribution in [0.3, 0.4) is 0 Å². The highest BCUT2D eigenvalue weighted by Crippen LogP contribution is 2.41. The zero-order valence-electron chi connectivity index (χ0n) is 31.3. The molecule has 0 spiro atoms. The molecule has 4 atom stereocenters. The molecule has 0 radical (unpaired) electrons. The summed E-state index contributed by atoms with van der Waals surface area (Å²) < 4.78 is 38.3. The van der Waals surface area contributed by atoms with Gasteiger partial charge in [0.1, 0.15) is 22.8 Å². The highest BCUT2D eigenvalue weighted by Gasteiger charge is 2.44. The van der Waals surface area contributed by atoms with Gasteiger partial charge in [0.2, 0.25) is 5.91 Å². The van der Waals surface area contributed by atoms with E-state index < -0.39 is 35.3 Å². The number of hydrogen-bond acceptors (Lipinski definition) is 6. The van der Waals surface area contributed by atoms with Gasteiger partial charge in [-0.05, 0) is 84.6 Å². The van der Waals surface area contributed by atoms with Crippen LogP contribution in [0.15, 0.2) is 122 Å². The highest BCUT2D eigenvalue weighted by molar-refractivity contribution is 5.92. The van der Waals surface area contributed by atoms with Gasteiger partial charge in [-0.2, -0.15) is 0 Å². The standard InChI is InChI=1S/C22H23FN2O3.C22H22FNO4/c1-3-12-22(18-8-10-19(23)11-9-18)13-14-25(21(27)28-22)15(2)16-4-6-17(7-5-16)20(24)26;1-3-12-22(18-8-10-19(23)11-9-18)13-14-24(21(27)28-22)15(2)16-4-6-17(7-5-16)20(25)26/h3-11,15H,1,12-14H2,2H3,(H2,24,26);3-11,15H,1,12-14H2,2H3,(H,25,26)/t2*15-,22+/m00/s1. The second kappa shape index (κ2) is 17.4. The molecular weight excluding hydrogens is 720 g/mol. The van der Waals surface area contributed by atoms with Gasteiger partial charge in [0, 0.05) is 44.3 Å². The molecule has 4 aromatic carbocycles. The normalized spacial score (nSPS) is 20.4. The van der Waals surface area contributed by atoms with E-state index in [4.69, 9.17) is 20.3 Å². The Morgan fingerprint density at radius 2 is 1.05 bits per heavy atom. The minimum atomic E-state index is -0.995. The van der Waals surface area contributed by atoms with Gasteiger partial charge in [-0.1, -0.05) is 60.7 Å². The van der Waals surface area contributed by atoms with Crippen molar-refractivity contribution in [2.24, 2.45) is 5.73 Å². The second-order valence-electron chi connectivity index (χ2n) is 13.9. The van der Waals surface area contributed by atoms with Gasteiger partial charge in [-0.3, -0.25) is 4.79 Å². The summed E-state index contributed by atoms with van der Waals surface area (Å²) in [7, 11) is 0. The number of carboxylic acids is 1. The topological polar surface area (TPSA) is 139 Å². The van der Waals surface area contributed by atoms with Crippen LogP contribution in [0, 0.1) is 11.6 Å². The van der Waals surface area contributed by atoms with Crippen LogP contribution in [0.1, 0.15) is 94.6 Å². The smallest absolute Gasteiger partial charge is 0.411 e. The minimum Gasteiger partial charge on any atom is -0.478 e. The van der Waals surface area contributed by atoms with Crippen molar-refractivity contribution in [2.45, 2.75) is 62.8 Å². The summed E-state index contributed by atoms with van der Waals surface area (Å²) in [4.78, 5) is 51.1. The Labute approximate surface area is 324 Å². The molecule has 2 aliphatic rings. The number of benzene rings is 4. The van der Waals surface area contributed by atoms with Crippen molar-refractivity contribution < 1.29 is 42.5 Å². The van der Waals surface area contributed by atoms with E-state index in [0.717, 1.165) is 22.3 Å². The zero-order chi connectivity index (χ0) is 40.6. The summed E-state index contributed by atoms with van der Waals surface area (Å²) in [6.07, 6.45) is 4.46. The van der Waals surface area contributed by atoms with Crippen molar-refractivity contribution in [3.8, 4) is 0 Å². The van der Waals surface area contributed by atoms with Crippen LogP contribution in [0.4, 0.5) is 18.4 Å². The molecule has 2 aliphatic heterocycles. The largest absolute Gasteiger partial charge is 0.478 e. The lowest BCUT2D eigenvalue weighted by atomic mass is 9.85. The van der Waals surface area contributed by atoms with Gasteiger partial charge in [-0.25, -0.2) is 23.2 Å². The summed E-state index contributed by atoms with van der Waals surface area (Å²) >= 11 is 0. The average Bonchev–Trinajstić information content (AvgIpc) is 3.18. The second-order valence-corrected chi connectivity index (χ2v) is 13.9. The summed E-state index contributed by atoms with van der Waals surface area (Å²) in [5, 5.41) is 9.02. The van der Waals surface area contributed by atoms with Crippen LogP contribution in [0.25, 0.3) is 0 Å². The van der Waals surface area contributed by atoms with E-state index in [2.05, 4.69) is 13.2 Å². The Hall–Kier alpha value is -6.30. The Bertz CT molecular complexity index is 1910. The lowest BCUT2D eigenvalue weighted by Gasteiger charge is -2.43. The van der Waals surface area contributed by atoms with Gasteiger partial charge in [0.05, 0.1) is 17.6 Å². The first kappa shape index (κ1) is 40.9. The first-order valence-electron chi connectivity index (χ1n) is 18.2. The number of carbonyl (C=O) groups excluding carboxylic acids is 3. The third kappa shape index (κ3) is 8.97. The fraction of sp³-hybridized carbons (Fsp3) is 0.273. The number of nitrogens with two attached hydrogens (primary N) is 1. The number of primary amides is 1. The van der Waals surface area contributed by atoms with E-state index in [1.54, 1.807) is 82.6 Å². The Morgan fingerprint density at radius 1 is 0.696 bits per heavy atom. The lowest BCUT2D eigenvalue weighted by molar-refractivity contribution is -0.0595. The molecule has 0 unspecified atom stereocenters. The van der Waals surface area contributed by atoms with Gasteiger partial charge in [-0.15, -0.1) is 13.2 Å². The number of amides is 3. The van der Waals surface area contributed by atoms with Crippen LogP contribution in [-0.4, -0.2) is 52.1 Å². The molecule has 2 fully saturated rings. The van der Waals surface area contributed by atoms with Crippen molar-refractivity contribution in [3.05, 3.63) is 167 Å². The zero-order valence-corrected chi connectivity index (χ0v) is 31.3. The molecule has 4 aromatic rings. The molecular formula is C44H45F2N3O7. The lowest BCUT2D eigenvalue weighted by Crippen LogP contribution is -2.48. The van der Waals surface area contributed by atoms with Crippen molar-refractivity contribution in [2.75, 3.05) is 13.1 Å². The number of aromatic carboxylic acids is 1. The van der Waals surface area contributed by atoms with E-state index in [1.165, 1.54) is 36.4 Å². The van der Waals surface area contributed by atoms with Gasteiger partial charge < -0.3 is 30.1 Å². The van der Waals surface area contributed by atoms with Crippen LogP contribution in [0.2, 0.25) is 0 Å². The van der Waals surface area contributed by atoms with E-state index >= 15 is 0 Å². The number of rotatable bonds is 12. The van der Waals surface area contributed by atoms with Gasteiger partial charge in [0.25, 0.3) is 0 Å². The van der Waals surface area contributed by atoms with E-state index in [9.17, 15) is 28.0 Å². The molecule has 56 heavy (non-hydrogen) atoms. The number of hydrogen-bond donors (Lipinski definition) is 2. The molecule has 292 valence electrons. The molecule has 2 saturated heterocycles. The highest BCUT2D eigenvalue weighted by atomic mass is 19.1. The summed E-state index contributed by atoms with van der Waals surface area (Å²) in [5.74, 6) is -2.18. The van der Waals surface area contributed by atoms with E-state index in [0.29, 0.717) is 44.3 Å². The maximum absolute atomic E-state index is 13.3. The van der Waals surface area contributed by atoms with Crippen molar-refractivity contribution in [1.29, 1.82) is 0 Å². The molecule has 10 nitrogen and oxygen atoms in total. The quantitative estimate of drug-likeness (QED) is 0.137. The van der Waals surface area contributed by atoms with Gasteiger partial charge in [0.15, 0.2) is 0 Å². The molecule has 12 heteroatoms. The number of halogens is 2. The third-order valence-electron chi connectivity index (χ3n) is 10.5. The van der Waals surface area contributed by atoms with Crippen LogP contribution >= 0.6 is 0 Å². The molecule has 0 saturated carbocycles. The van der Waals surface area contributed by atoms with E-state index in [1.807, 2.05) is 13.8 Å². The summed E-state index contributed by atoms with van der Waals surface area (Å²) in [6, 6.07) is 24.8. The maximum Gasteiger partial charge on any atom is 0.411 e. The number of cyclic esters (lactones) is 2. The van der Waals surface area contributed by atoms with Gasteiger partial charge >= 0.3 is 18.2 Å². The predicted molar refractivity (Wildman–Crippen MR) is 207 cm³/mol. The molecule has 3 N–H and O–H groups in total. The Kier molecular flexibility index (Phi) is 12.7. The van der Waals surface area contributed by atoms with Crippen molar-refractivity contribution in [1.82, 2.24) is 9.80 Å². The number of nitrogens with zero attached hydrogens (tertiary/aromatic N) is 2. The first-order chi connectivity index (χ1) is 26.7. The third-order valence-corrected chi connectivity index (χ3v) is 10.5. The van der Waals surface area contributed by atoms with Crippen LogP contribution < -0.4 is 5.73 Å². The summed E-state index contributed by atoms with van der Waals surface area (Å²) in [5.41, 5.74) is 7.35. The Morgan fingerprint density at radius 3 is 1.36 bits per heavy atom. The Balaban J connectivity index is 0.000000214. The average molecular weight is 766 g/mol. The fourth-order valence-electron chi connectivity index (χ4n) is 7.14. The SMILES string of the molecule is C=CC[C@]1(c2ccc(F)cc2)CCN([C@@H](C)c2ccc(C(=O)O)cc2)C(=O)O1.C=CC[C@]1(c2ccc(F)cc2)CCN([C@@H](C)c2ccc(C(N)=O)cc2)C(=O)O1. The molecule has 6 rings (SSSR count). The molecule has 0 aromatic heterocycles. The maximum atomic E-state index is 13.3. The molecule has 0 bridgehead atoms. The molecule has 3 amide bonds.